The zero-order chi connectivity index (χ0) is 19.4. The summed E-state index contributed by atoms with van der Waals surface area (Å²) in [4.78, 5) is 11.5. The van der Waals surface area contributed by atoms with Crippen LogP contribution in [0.1, 0.15) is 27.4 Å². The third kappa shape index (κ3) is 3.41. The van der Waals surface area contributed by atoms with E-state index in [0.717, 1.165) is 5.56 Å². The summed E-state index contributed by atoms with van der Waals surface area (Å²) in [7, 11) is 1.32. The van der Waals surface area contributed by atoms with Gasteiger partial charge in [-0.05, 0) is 24.3 Å². The second-order valence-electron chi connectivity index (χ2n) is 5.41. The maximum absolute atomic E-state index is 11.5. The molecule has 0 amide bonds. The number of hydrogen-bond donors (Lipinski definition) is 2. The number of anilines is 1. The number of nitrogen functional groups attached to an aromatic ring is 1. The molecular weight excluding hydrogens is 346 g/mol. The van der Waals surface area contributed by atoms with E-state index in [1.165, 1.54) is 13.2 Å². The average Bonchev–Trinajstić information content (AvgIpc) is 3.31. The number of nitrogens with one attached hydrogen (secondary N) is 1. The molecule has 2 aromatic heterocycles. The van der Waals surface area contributed by atoms with Crippen molar-refractivity contribution in [2.45, 2.75) is 0 Å². The van der Waals surface area contributed by atoms with Gasteiger partial charge in [0.1, 0.15) is 29.2 Å². The third-order valence-electron chi connectivity index (χ3n) is 3.80. The number of allylic oxidation sites excluding steroid dienone is 1. The van der Waals surface area contributed by atoms with E-state index < -0.39 is 5.97 Å². The Hall–Kier alpha value is -4.30. The number of esters is 1. The number of benzene rings is 1. The van der Waals surface area contributed by atoms with Gasteiger partial charge in [0.15, 0.2) is 5.82 Å². The van der Waals surface area contributed by atoms with Crippen molar-refractivity contribution in [2.24, 2.45) is 0 Å². The van der Waals surface area contributed by atoms with Crippen LogP contribution in [-0.2, 0) is 4.74 Å². The first-order chi connectivity index (χ1) is 13.1. The number of hydrogen-bond acceptors (Lipinski definition) is 7. The number of methoxy groups -OCH3 is 1. The van der Waals surface area contributed by atoms with Crippen LogP contribution in [0.2, 0.25) is 0 Å². The summed E-state index contributed by atoms with van der Waals surface area (Å²) < 4.78 is 10.4. The Morgan fingerprint density at radius 1 is 1.26 bits per heavy atom. The van der Waals surface area contributed by atoms with Crippen molar-refractivity contribution in [1.82, 2.24) is 10.2 Å². The van der Waals surface area contributed by atoms with Gasteiger partial charge in [0, 0.05) is 11.6 Å². The summed E-state index contributed by atoms with van der Waals surface area (Å²) in [5.74, 6) is 0.574. The molecule has 8 heteroatoms. The van der Waals surface area contributed by atoms with Crippen LogP contribution in [0.4, 0.5) is 5.82 Å². The molecule has 0 bridgehead atoms. The Balaban J connectivity index is 1.91. The van der Waals surface area contributed by atoms with Crippen LogP contribution >= 0.6 is 0 Å². The van der Waals surface area contributed by atoms with E-state index in [-0.39, 0.29) is 22.6 Å². The molecule has 3 N–H and O–H groups in total. The summed E-state index contributed by atoms with van der Waals surface area (Å²) in [6, 6.07) is 14.1. The van der Waals surface area contributed by atoms with Gasteiger partial charge in [0.05, 0.1) is 23.9 Å². The quantitative estimate of drug-likeness (QED) is 0.538. The van der Waals surface area contributed by atoms with Crippen LogP contribution in [0, 0.1) is 22.7 Å². The van der Waals surface area contributed by atoms with Crippen LogP contribution in [0.5, 0.6) is 0 Å². The highest BCUT2D eigenvalue weighted by Crippen LogP contribution is 2.27. The predicted octanol–water partition coefficient (Wildman–Crippen LogP) is 2.97. The van der Waals surface area contributed by atoms with Gasteiger partial charge in [0.25, 0.3) is 0 Å². The van der Waals surface area contributed by atoms with Gasteiger partial charge >= 0.3 is 5.97 Å². The van der Waals surface area contributed by atoms with Gasteiger partial charge < -0.3 is 14.9 Å². The van der Waals surface area contributed by atoms with Gasteiger partial charge in [-0.3, -0.25) is 5.10 Å². The minimum atomic E-state index is -0.421. The SMILES string of the molecule is COC(=O)c1ccc(-c2ccc(/C=C(\C#N)c3[nH]nc(N)c3C#N)o2)cc1. The number of furan rings is 1. The summed E-state index contributed by atoms with van der Waals surface area (Å²) in [6.45, 7) is 0. The number of nitrogens with two attached hydrogens (primary N) is 1. The van der Waals surface area contributed by atoms with Crippen LogP contribution in [0.3, 0.4) is 0 Å². The molecule has 0 aliphatic rings. The van der Waals surface area contributed by atoms with Crippen molar-refractivity contribution in [3.05, 3.63) is 59.0 Å². The highest BCUT2D eigenvalue weighted by molar-refractivity contribution is 5.91. The van der Waals surface area contributed by atoms with Gasteiger partial charge in [0.2, 0.25) is 0 Å². The smallest absolute Gasteiger partial charge is 0.337 e. The molecule has 0 aliphatic heterocycles. The van der Waals surface area contributed by atoms with E-state index in [1.54, 1.807) is 36.4 Å². The highest BCUT2D eigenvalue weighted by atomic mass is 16.5. The van der Waals surface area contributed by atoms with Crippen molar-refractivity contribution in [2.75, 3.05) is 12.8 Å². The van der Waals surface area contributed by atoms with Crippen molar-refractivity contribution >= 4 is 23.4 Å². The summed E-state index contributed by atoms with van der Waals surface area (Å²) >= 11 is 0. The van der Waals surface area contributed by atoms with Gasteiger partial charge in [-0.2, -0.15) is 15.6 Å². The Kier molecular flexibility index (Phi) is 4.73. The largest absolute Gasteiger partial charge is 0.465 e. The first-order valence-electron chi connectivity index (χ1n) is 7.72. The maximum atomic E-state index is 11.5. The molecule has 0 radical (unpaired) electrons. The number of aromatic amines is 1. The molecular formula is C19H13N5O3. The van der Waals surface area contributed by atoms with E-state index in [4.69, 9.17) is 15.4 Å². The fraction of sp³-hybridized carbons (Fsp3) is 0.0526. The van der Waals surface area contributed by atoms with Crippen LogP contribution in [-0.4, -0.2) is 23.3 Å². The lowest BCUT2D eigenvalue weighted by atomic mass is 10.1. The Morgan fingerprint density at radius 3 is 2.63 bits per heavy atom. The standard InChI is InChI=1S/C19H13N5O3/c1-26-19(25)12-4-2-11(3-5-12)16-7-6-14(27-16)8-13(9-20)17-15(10-21)18(22)24-23-17/h2-8H,1H3,(H3,22,23,24)/b13-8+. The minimum Gasteiger partial charge on any atom is -0.465 e. The van der Waals surface area contributed by atoms with Crippen LogP contribution in [0.25, 0.3) is 23.0 Å². The van der Waals surface area contributed by atoms with Crippen molar-refractivity contribution in [1.29, 1.82) is 10.5 Å². The topological polar surface area (TPSA) is 142 Å². The molecule has 8 nitrogen and oxygen atoms in total. The van der Waals surface area contributed by atoms with Gasteiger partial charge in [-0.1, -0.05) is 12.1 Å². The fourth-order valence-corrected chi connectivity index (χ4v) is 2.44. The maximum Gasteiger partial charge on any atom is 0.337 e. The van der Waals surface area contributed by atoms with E-state index in [1.807, 2.05) is 12.1 Å². The molecule has 0 aliphatic carbocycles. The number of carbonyl (C=O) groups excluding carboxylic acids is 1. The Labute approximate surface area is 154 Å². The number of carbonyl (C=O) groups is 1. The molecule has 27 heavy (non-hydrogen) atoms. The molecule has 0 saturated heterocycles. The second kappa shape index (κ2) is 7.30. The van der Waals surface area contributed by atoms with Crippen molar-refractivity contribution in [3.63, 3.8) is 0 Å². The molecule has 0 fully saturated rings. The minimum absolute atomic E-state index is 0.0273. The normalized spacial score (nSPS) is 10.9. The van der Waals surface area contributed by atoms with E-state index in [2.05, 4.69) is 14.9 Å². The van der Waals surface area contributed by atoms with E-state index in [9.17, 15) is 10.1 Å². The number of nitriles is 2. The van der Waals surface area contributed by atoms with Crippen molar-refractivity contribution in [3.8, 4) is 23.5 Å². The molecule has 0 atom stereocenters. The highest BCUT2D eigenvalue weighted by Gasteiger charge is 2.15. The molecule has 0 spiro atoms. The van der Waals surface area contributed by atoms with Crippen molar-refractivity contribution < 1.29 is 13.9 Å². The van der Waals surface area contributed by atoms with Gasteiger partial charge in [-0.25, -0.2) is 4.79 Å². The summed E-state index contributed by atoms with van der Waals surface area (Å²) in [5.41, 5.74) is 7.29. The molecule has 1 aromatic carbocycles. The average molecular weight is 359 g/mol. The second-order valence-corrected chi connectivity index (χ2v) is 5.41. The molecule has 3 rings (SSSR count). The number of H-pyrrole nitrogens is 1. The zero-order valence-electron chi connectivity index (χ0n) is 14.2. The Morgan fingerprint density at radius 2 is 2.00 bits per heavy atom. The molecule has 0 saturated carbocycles. The lowest BCUT2D eigenvalue weighted by molar-refractivity contribution is 0.0600. The summed E-state index contributed by atoms with van der Waals surface area (Å²) in [5, 5.41) is 24.9. The molecule has 0 unspecified atom stereocenters. The monoisotopic (exact) mass is 359 g/mol. The first-order valence-corrected chi connectivity index (χ1v) is 7.72. The lowest BCUT2D eigenvalue weighted by Crippen LogP contribution is -2.00. The molecule has 3 aromatic rings. The van der Waals surface area contributed by atoms with Crippen LogP contribution < -0.4 is 5.73 Å². The zero-order valence-corrected chi connectivity index (χ0v) is 14.2. The third-order valence-corrected chi connectivity index (χ3v) is 3.80. The fourth-order valence-electron chi connectivity index (χ4n) is 2.44. The number of ether oxygens (including phenoxy) is 1. The Bertz CT molecular complexity index is 1110. The number of nitrogens with zero attached hydrogens (tertiary/aromatic N) is 3. The number of aromatic nitrogens is 2. The van der Waals surface area contributed by atoms with Crippen LogP contribution in [0.15, 0.2) is 40.8 Å². The summed E-state index contributed by atoms with van der Waals surface area (Å²) in [6.07, 6.45) is 1.49. The van der Waals surface area contributed by atoms with E-state index >= 15 is 0 Å². The lowest BCUT2D eigenvalue weighted by Gasteiger charge is -2.00. The first kappa shape index (κ1) is 17.5. The molecule has 132 valence electrons. The number of rotatable bonds is 4. The predicted molar refractivity (Wildman–Crippen MR) is 96.7 cm³/mol. The molecule has 2 heterocycles. The van der Waals surface area contributed by atoms with E-state index in [0.29, 0.717) is 17.1 Å². The van der Waals surface area contributed by atoms with Gasteiger partial charge in [-0.15, -0.1) is 0 Å².